The van der Waals surface area contributed by atoms with Gasteiger partial charge in [-0.25, -0.2) is 18.4 Å². The molecule has 2 N–H and O–H groups in total. The second-order valence-corrected chi connectivity index (χ2v) is 12.6. The summed E-state index contributed by atoms with van der Waals surface area (Å²) < 4.78 is 31.5. The molecule has 0 atom stereocenters. The van der Waals surface area contributed by atoms with Gasteiger partial charge < -0.3 is 15.4 Å². The largest absolute Gasteiger partial charge is 0.382 e. The van der Waals surface area contributed by atoms with Crippen LogP contribution in [0.3, 0.4) is 0 Å². The number of benzene rings is 1. The van der Waals surface area contributed by atoms with E-state index >= 15 is 0 Å². The van der Waals surface area contributed by atoms with Crippen LogP contribution >= 0.6 is 22.9 Å². The Morgan fingerprint density at radius 3 is 2.69 bits per heavy atom. The Morgan fingerprint density at radius 1 is 1.15 bits per heavy atom. The Kier molecular flexibility index (Phi) is 9.71. The summed E-state index contributed by atoms with van der Waals surface area (Å²) in [5.74, 6) is -1.29. The van der Waals surface area contributed by atoms with Gasteiger partial charge in [0.2, 0.25) is 15.0 Å². The summed E-state index contributed by atoms with van der Waals surface area (Å²) in [6.45, 7) is 5.33. The van der Waals surface area contributed by atoms with Crippen molar-refractivity contribution < 1.29 is 22.7 Å². The van der Waals surface area contributed by atoms with Crippen LogP contribution in [0, 0.1) is 6.92 Å². The van der Waals surface area contributed by atoms with Gasteiger partial charge in [0.25, 0.3) is 11.8 Å². The number of amides is 2. The maximum absolute atomic E-state index is 13.3. The van der Waals surface area contributed by atoms with E-state index in [0.717, 1.165) is 47.9 Å². The first-order valence-corrected chi connectivity index (χ1v) is 15.7. The van der Waals surface area contributed by atoms with Crippen molar-refractivity contribution in [3.8, 4) is 0 Å². The lowest BCUT2D eigenvalue weighted by Crippen LogP contribution is -2.27. The summed E-state index contributed by atoms with van der Waals surface area (Å²) >= 11 is 7.60. The quantitative estimate of drug-likeness (QED) is 0.243. The zero-order valence-corrected chi connectivity index (χ0v) is 24.3. The Labute approximate surface area is 237 Å². The van der Waals surface area contributed by atoms with Crippen LogP contribution in [-0.2, 0) is 33.2 Å². The highest BCUT2D eigenvalue weighted by atomic mass is 35.5. The number of carbonyl (C=O) groups is 2. The van der Waals surface area contributed by atoms with Crippen LogP contribution in [-0.4, -0.2) is 50.0 Å². The molecule has 2 aromatic heterocycles. The molecule has 208 valence electrons. The van der Waals surface area contributed by atoms with Crippen molar-refractivity contribution in [3.05, 3.63) is 68.3 Å². The number of carbonyl (C=O) groups excluding carboxylic acids is 2. The van der Waals surface area contributed by atoms with Crippen molar-refractivity contribution in [3.63, 3.8) is 0 Å². The molecule has 0 unspecified atom stereocenters. The number of aromatic nitrogens is 2. The highest BCUT2D eigenvalue weighted by Gasteiger charge is 2.28. The Morgan fingerprint density at radius 2 is 1.92 bits per heavy atom. The molecule has 0 saturated carbocycles. The first-order chi connectivity index (χ1) is 18.7. The van der Waals surface area contributed by atoms with E-state index in [1.165, 1.54) is 11.3 Å². The summed E-state index contributed by atoms with van der Waals surface area (Å²) in [4.78, 5) is 35.5. The lowest BCUT2D eigenvalue weighted by molar-refractivity contribution is 0.0944. The maximum Gasteiger partial charge on any atom is 0.276 e. The van der Waals surface area contributed by atoms with E-state index < -0.39 is 20.9 Å². The minimum atomic E-state index is -3.96. The molecule has 0 radical (unpaired) electrons. The number of nitrogens with one attached hydrogen (secondary N) is 2. The lowest BCUT2D eigenvalue weighted by atomic mass is 9.95. The standard InChI is InChI=1S/C27H31ClN4O5S2/c1-3-37-14-8-13-29-24(33)22-19-11-6-7-12-21(19)38-26(22)32-25(34)23-20(28)15-30-27(31-23)39(35,36)16-18-10-5-4-9-17(18)2/h4-5,9-10,15H,3,6-8,11-14,16H2,1-2H3,(H,29,33)(H,32,34). The van der Waals surface area contributed by atoms with Crippen molar-refractivity contribution >= 4 is 49.6 Å². The van der Waals surface area contributed by atoms with Gasteiger partial charge in [-0.1, -0.05) is 35.9 Å². The third kappa shape index (κ3) is 7.02. The second kappa shape index (κ2) is 13.0. The van der Waals surface area contributed by atoms with E-state index in [1.54, 1.807) is 12.1 Å². The highest BCUT2D eigenvalue weighted by molar-refractivity contribution is 7.90. The zero-order chi connectivity index (χ0) is 28.0. The minimum absolute atomic E-state index is 0.0920. The molecule has 0 fully saturated rings. The predicted octanol–water partition coefficient (Wildman–Crippen LogP) is 4.76. The number of hydrogen-bond acceptors (Lipinski definition) is 8. The van der Waals surface area contributed by atoms with Gasteiger partial charge in [0, 0.05) is 24.6 Å². The van der Waals surface area contributed by atoms with Crippen LogP contribution < -0.4 is 10.6 Å². The molecule has 9 nitrogen and oxygen atoms in total. The molecule has 0 bridgehead atoms. The van der Waals surface area contributed by atoms with Crippen LogP contribution in [0.5, 0.6) is 0 Å². The first-order valence-electron chi connectivity index (χ1n) is 12.8. The van der Waals surface area contributed by atoms with E-state index in [0.29, 0.717) is 42.3 Å². The number of rotatable bonds is 11. The van der Waals surface area contributed by atoms with E-state index in [9.17, 15) is 18.0 Å². The fraction of sp³-hybridized carbons (Fsp3) is 0.407. The van der Waals surface area contributed by atoms with Gasteiger partial charge >= 0.3 is 0 Å². The molecule has 4 rings (SSSR count). The van der Waals surface area contributed by atoms with Gasteiger partial charge in [0.1, 0.15) is 5.00 Å². The normalized spacial score (nSPS) is 13.1. The van der Waals surface area contributed by atoms with Crippen molar-refractivity contribution in [2.75, 3.05) is 25.1 Å². The number of thiophene rings is 1. The third-order valence-corrected chi connectivity index (χ3v) is 9.33. The summed E-state index contributed by atoms with van der Waals surface area (Å²) in [5.41, 5.74) is 2.54. The van der Waals surface area contributed by atoms with Crippen molar-refractivity contribution in [2.45, 2.75) is 56.9 Å². The van der Waals surface area contributed by atoms with Crippen molar-refractivity contribution in [1.29, 1.82) is 0 Å². The van der Waals surface area contributed by atoms with Gasteiger partial charge in [0.15, 0.2) is 5.69 Å². The Hall–Kier alpha value is -2.86. The summed E-state index contributed by atoms with van der Waals surface area (Å²) in [7, 11) is -3.96. The summed E-state index contributed by atoms with van der Waals surface area (Å²) in [6.07, 6.45) is 5.33. The fourth-order valence-electron chi connectivity index (χ4n) is 4.37. The number of halogens is 1. The van der Waals surface area contributed by atoms with E-state index in [2.05, 4.69) is 20.6 Å². The van der Waals surface area contributed by atoms with Gasteiger partial charge in [0.05, 0.1) is 22.5 Å². The van der Waals surface area contributed by atoms with E-state index in [1.807, 2.05) is 26.0 Å². The summed E-state index contributed by atoms with van der Waals surface area (Å²) in [5, 5.41) is 5.52. The molecule has 12 heteroatoms. The number of anilines is 1. The lowest BCUT2D eigenvalue weighted by Gasteiger charge is -2.13. The van der Waals surface area contributed by atoms with E-state index in [-0.39, 0.29) is 22.4 Å². The number of aryl methyl sites for hydroxylation is 2. The monoisotopic (exact) mass is 590 g/mol. The average molecular weight is 591 g/mol. The smallest absolute Gasteiger partial charge is 0.276 e. The molecule has 1 aliphatic rings. The molecular weight excluding hydrogens is 560 g/mol. The second-order valence-electron chi connectivity index (χ2n) is 9.21. The van der Waals surface area contributed by atoms with Crippen LogP contribution in [0.4, 0.5) is 5.00 Å². The molecule has 1 aromatic carbocycles. The molecule has 2 amide bonds. The third-order valence-electron chi connectivity index (χ3n) is 6.40. The molecular formula is C27H31ClN4O5S2. The number of fused-ring (bicyclic) bond motifs is 1. The average Bonchev–Trinajstić information content (AvgIpc) is 3.27. The topological polar surface area (TPSA) is 127 Å². The van der Waals surface area contributed by atoms with Crippen molar-refractivity contribution in [1.82, 2.24) is 15.3 Å². The van der Waals surface area contributed by atoms with Crippen LogP contribution in [0.1, 0.15) is 68.6 Å². The van der Waals surface area contributed by atoms with Crippen LogP contribution in [0.25, 0.3) is 0 Å². The predicted molar refractivity (Wildman–Crippen MR) is 151 cm³/mol. The first kappa shape index (κ1) is 29.1. The van der Waals surface area contributed by atoms with Gasteiger partial charge in [-0.05, 0) is 62.6 Å². The van der Waals surface area contributed by atoms with E-state index in [4.69, 9.17) is 16.3 Å². The Balaban J connectivity index is 1.58. The minimum Gasteiger partial charge on any atom is -0.382 e. The van der Waals surface area contributed by atoms with Crippen LogP contribution in [0.15, 0.2) is 35.6 Å². The highest BCUT2D eigenvalue weighted by Crippen LogP contribution is 2.38. The van der Waals surface area contributed by atoms with Gasteiger partial charge in [-0.3, -0.25) is 9.59 Å². The molecule has 0 aliphatic heterocycles. The number of ether oxygens (including phenoxy) is 1. The zero-order valence-electron chi connectivity index (χ0n) is 21.9. The van der Waals surface area contributed by atoms with Crippen molar-refractivity contribution in [2.24, 2.45) is 0 Å². The number of nitrogens with zero attached hydrogens (tertiary/aromatic N) is 2. The maximum atomic E-state index is 13.3. The number of hydrogen-bond donors (Lipinski definition) is 2. The molecule has 2 heterocycles. The van der Waals surface area contributed by atoms with Gasteiger partial charge in [-0.2, -0.15) is 0 Å². The molecule has 0 saturated heterocycles. The molecule has 1 aliphatic carbocycles. The fourth-order valence-corrected chi connectivity index (χ4v) is 7.13. The molecule has 39 heavy (non-hydrogen) atoms. The summed E-state index contributed by atoms with van der Waals surface area (Å²) in [6, 6.07) is 7.12. The molecule has 0 spiro atoms. The number of sulfone groups is 1. The van der Waals surface area contributed by atoms with Crippen LogP contribution in [0.2, 0.25) is 5.02 Å². The SMILES string of the molecule is CCOCCCNC(=O)c1c(NC(=O)c2nc(S(=O)(=O)Cc3ccccc3C)ncc2Cl)sc2c1CCCC2. The molecule has 3 aromatic rings. The van der Waals surface area contributed by atoms with Gasteiger partial charge in [-0.15, -0.1) is 11.3 Å². The Bertz CT molecular complexity index is 1470.